The summed E-state index contributed by atoms with van der Waals surface area (Å²) in [6.45, 7) is 9.23. The van der Waals surface area contributed by atoms with Gasteiger partial charge in [0.2, 0.25) is 0 Å². The lowest BCUT2D eigenvalue weighted by atomic mass is 10.1. The van der Waals surface area contributed by atoms with E-state index in [9.17, 15) is 0 Å². The van der Waals surface area contributed by atoms with Crippen LogP contribution in [0.4, 0.5) is 5.69 Å². The molecule has 0 atom stereocenters. The van der Waals surface area contributed by atoms with Gasteiger partial charge < -0.3 is 11.1 Å². The fourth-order valence-electron chi connectivity index (χ4n) is 1.65. The van der Waals surface area contributed by atoms with Crippen molar-refractivity contribution in [2.24, 2.45) is 16.6 Å². The molecule has 0 aromatic heterocycles. The van der Waals surface area contributed by atoms with E-state index in [4.69, 9.17) is 5.73 Å². The zero-order valence-corrected chi connectivity index (χ0v) is 11.2. The van der Waals surface area contributed by atoms with E-state index in [2.05, 4.69) is 56.2 Å². The van der Waals surface area contributed by atoms with Gasteiger partial charge in [0.1, 0.15) is 0 Å². The lowest BCUT2D eigenvalue weighted by molar-refractivity contribution is 0.665. The van der Waals surface area contributed by atoms with Crippen molar-refractivity contribution in [1.82, 2.24) is 0 Å². The molecular weight excluding hydrogens is 210 g/mol. The number of nitrogens with zero attached hydrogens (tertiary/aromatic N) is 1. The minimum atomic E-state index is 0.503. The van der Waals surface area contributed by atoms with Crippen molar-refractivity contribution in [3.63, 3.8) is 0 Å². The van der Waals surface area contributed by atoms with Crippen LogP contribution >= 0.6 is 0 Å². The third kappa shape index (κ3) is 4.10. The fraction of sp³-hybridized carbons (Fsp3) is 0.500. The van der Waals surface area contributed by atoms with Crippen molar-refractivity contribution in [2.45, 2.75) is 34.1 Å². The van der Waals surface area contributed by atoms with Gasteiger partial charge in [-0.05, 0) is 30.4 Å². The number of nitrogens with two attached hydrogens (primary N) is 1. The summed E-state index contributed by atoms with van der Waals surface area (Å²) >= 11 is 0. The van der Waals surface area contributed by atoms with Crippen molar-refractivity contribution in [3.05, 3.63) is 29.3 Å². The normalized spacial score (nSPS) is 11.9. The van der Waals surface area contributed by atoms with Gasteiger partial charge >= 0.3 is 0 Å². The average molecular weight is 233 g/mol. The first-order chi connectivity index (χ1) is 8.04. The van der Waals surface area contributed by atoms with Gasteiger partial charge in [-0.1, -0.05) is 39.0 Å². The minimum absolute atomic E-state index is 0.503. The average Bonchev–Trinajstić information content (AvgIpc) is 2.29. The molecule has 0 spiro atoms. The van der Waals surface area contributed by atoms with Gasteiger partial charge in [-0.15, -0.1) is 0 Å². The molecule has 0 unspecified atom stereocenters. The van der Waals surface area contributed by atoms with Crippen LogP contribution in [0.1, 0.15) is 31.9 Å². The summed E-state index contributed by atoms with van der Waals surface area (Å²) in [5.74, 6) is 1.03. The minimum Gasteiger partial charge on any atom is -0.370 e. The number of anilines is 1. The molecule has 0 aliphatic heterocycles. The predicted octanol–water partition coefficient (Wildman–Crippen LogP) is 2.94. The SMILES string of the molecule is CCc1cccc(C)c1NC(N)=NCC(C)C. The standard InChI is InChI=1S/C14H23N3/c1-5-12-8-6-7-11(4)13(12)17-14(15)16-9-10(2)3/h6-8,10H,5,9H2,1-4H3,(H3,15,16,17). The summed E-state index contributed by atoms with van der Waals surface area (Å²) < 4.78 is 0. The highest BCUT2D eigenvalue weighted by Crippen LogP contribution is 2.20. The molecule has 1 aromatic rings. The molecular formula is C14H23N3. The number of para-hydroxylation sites is 1. The zero-order chi connectivity index (χ0) is 12.8. The van der Waals surface area contributed by atoms with E-state index in [-0.39, 0.29) is 0 Å². The van der Waals surface area contributed by atoms with E-state index in [0.717, 1.165) is 18.7 Å². The summed E-state index contributed by atoms with van der Waals surface area (Å²) in [5, 5.41) is 3.21. The van der Waals surface area contributed by atoms with Gasteiger partial charge in [0.05, 0.1) is 0 Å². The smallest absolute Gasteiger partial charge is 0.193 e. The molecule has 0 aliphatic rings. The van der Waals surface area contributed by atoms with Crippen LogP contribution in [0, 0.1) is 12.8 Å². The molecule has 0 fully saturated rings. The number of guanidine groups is 1. The molecule has 0 bridgehead atoms. The van der Waals surface area contributed by atoms with E-state index in [1.165, 1.54) is 11.1 Å². The van der Waals surface area contributed by atoms with Crippen LogP contribution in [0.15, 0.2) is 23.2 Å². The van der Waals surface area contributed by atoms with Crippen molar-refractivity contribution in [3.8, 4) is 0 Å². The van der Waals surface area contributed by atoms with Gasteiger partial charge in [-0.2, -0.15) is 0 Å². The second-order valence-corrected chi connectivity index (χ2v) is 4.71. The van der Waals surface area contributed by atoms with E-state index in [1.807, 2.05) is 0 Å². The number of aryl methyl sites for hydroxylation is 2. The van der Waals surface area contributed by atoms with Gasteiger partial charge in [-0.3, -0.25) is 4.99 Å². The van der Waals surface area contributed by atoms with Gasteiger partial charge in [0.15, 0.2) is 5.96 Å². The van der Waals surface area contributed by atoms with E-state index < -0.39 is 0 Å². The summed E-state index contributed by atoms with van der Waals surface area (Å²) in [5.41, 5.74) is 9.45. The number of aliphatic imine (C=N–C) groups is 1. The highest BCUT2D eigenvalue weighted by atomic mass is 15.1. The number of rotatable bonds is 4. The Morgan fingerprint density at radius 1 is 1.41 bits per heavy atom. The van der Waals surface area contributed by atoms with Crippen molar-refractivity contribution >= 4 is 11.6 Å². The molecule has 1 rings (SSSR count). The quantitative estimate of drug-likeness (QED) is 0.620. The largest absolute Gasteiger partial charge is 0.370 e. The first kappa shape index (κ1) is 13.6. The van der Waals surface area contributed by atoms with Crippen LogP contribution in [0.2, 0.25) is 0 Å². The monoisotopic (exact) mass is 233 g/mol. The van der Waals surface area contributed by atoms with E-state index in [1.54, 1.807) is 0 Å². The number of hydrogen-bond acceptors (Lipinski definition) is 1. The lowest BCUT2D eigenvalue weighted by Gasteiger charge is -2.13. The van der Waals surface area contributed by atoms with Crippen molar-refractivity contribution in [1.29, 1.82) is 0 Å². The summed E-state index contributed by atoms with van der Waals surface area (Å²) in [6.07, 6.45) is 0.988. The number of hydrogen-bond donors (Lipinski definition) is 2. The lowest BCUT2D eigenvalue weighted by Crippen LogP contribution is -2.24. The van der Waals surface area contributed by atoms with Crippen LogP contribution in [0.5, 0.6) is 0 Å². The Morgan fingerprint density at radius 3 is 2.71 bits per heavy atom. The van der Waals surface area contributed by atoms with Crippen molar-refractivity contribution in [2.75, 3.05) is 11.9 Å². The molecule has 0 saturated carbocycles. The van der Waals surface area contributed by atoms with Gasteiger partial charge in [0, 0.05) is 12.2 Å². The maximum atomic E-state index is 5.89. The van der Waals surface area contributed by atoms with Crippen LogP contribution in [-0.4, -0.2) is 12.5 Å². The van der Waals surface area contributed by atoms with Crippen LogP contribution in [-0.2, 0) is 6.42 Å². The molecule has 3 heteroatoms. The third-order valence-corrected chi connectivity index (χ3v) is 2.62. The highest BCUT2D eigenvalue weighted by Gasteiger charge is 2.04. The molecule has 0 radical (unpaired) electrons. The van der Waals surface area contributed by atoms with E-state index in [0.29, 0.717) is 11.9 Å². The Morgan fingerprint density at radius 2 is 2.12 bits per heavy atom. The Hall–Kier alpha value is -1.51. The molecule has 0 aliphatic carbocycles. The molecule has 17 heavy (non-hydrogen) atoms. The Bertz CT molecular complexity index is 394. The zero-order valence-electron chi connectivity index (χ0n) is 11.2. The van der Waals surface area contributed by atoms with Crippen LogP contribution in [0.25, 0.3) is 0 Å². The van der Waals surface area contributed by atoms with Gasteiger partial charge in [0.25, 0.3) is 0 Å². The van der Waals surface area contributed by atoms with Crippen LogP contribution < -0.4 is 11.1 Å². The molecule has 3 N–H and O–H groups in total. The Kier molecular flexibility index (Phi) is 5.01. The van der Waals surface area contributed by atoms with E-state index >= 15 is 0 Å². The van der Waals surface area contributed by atoms with Gasteiger partial charge in [-0.25, -0.2) is 0 Å². The second-order valence-electron chi connectivity index (χ2n) is 4.71. The Labute approximate surface area is 104 Å². The third-order valence-electron chi connectivity index (χ3n) is 2.62. The fourth-order valence-corrected chi connectivity index (χ4v) is 1.65. The molecule has 0 amide bonds. The first-order valence-electron chi connectivity index (χ1n) is 6.20. The highest BCUT2D eigenvalue weighted by molar-refractivity contribution is 5.93. The summed E-state index contributed by atoms with van der Waals surface area (Å²) in [4.78, 5) is 4.32. The second kappa shape index (κ2) is 6.28. The first-order valence-corrected chi connectivity index (χ1v) is 6.20. The molecule has 0 saturated heterocycles. The number of nitrogens with one attached hydrogen (secondary N) is 1. The van der Waals surface area contributed by atoms with Crippen LogP contribution in [0.3, 0.4) is 0 Å². The van der Waals surface area contributed by atoms with Crippen molar-refractivity contribution < 1.29 is 0 Å². The topological polar surface area (TPSA) is 50.4 Å². The summed E-state index contributed by atoms with van der Waals surface area (Å²) in [6, 6.07) is 6.27. The molecule has 94 valence electrons. The maximum absolute atomic E-state index is 5.89. The molecule has 3 nitrogen and oxygen atoms in total. The number of benzene rings is 1. The maximum Gasteiger partial charge on any atom is 0.193 e. The molecule has 1 aromatic carbocycles. The Balaban J connectivity index is 2.83. The summed E-state index contributed by atoms with van der Waals surface area (Å²) in [7, 11) is 0. The molecule has 0 heterocycles. The predicted molar refractivity (Wildman–Crippen MR) is 75.5 cm³/mol.